The Kier molecular flexibility index (Phi) is 7.27. The largest absolute Gasteiger partial charge is 2.00 e. The third-order valence-electron chi connectivity index (χ3n) is 3.06. The minimum absolute atomic E-state index is 0. The first kappa shape index (κ1) is 18.6. The van der Waals surface area contributed by atoms with E-state index in [9.17, 15) is 0 Å². The van der Waals surface area contributed by atoms with E-state index in [-0.39, 0.29) is 16.5 Å². The van der Waals surface area contributed by atoms with Gasteiger partial charge in [0.1, 0.15) is 0 Å². The van der Waals surface area contributed by atoms with Crippen LogP contribution in [-0.4, -0.2) is 16.1 Å². The molecule has 0 aromatic heterocycles. The zero-order valence-corrected chi connectivity index (χ0v) is 15.9. The van der Waals surface area contributed by atoms with E-state index in [0.29, 0.717) is 0 Å². The molecule has 0 bridgehead atoms. The molecule has 0 aliphatic heterocycles. The van der Waals surface area contributed by atoms with Gasteiger partial charge in [-0.25, -0.2) is 24.3 Å². The van der Waals surface area contributed by atoms with Crippen LogP contribution in [0.25, 0.3) is 0 Å². The summed E-state index contributed by atoms with van der Waals surface area (Å²) in [5, 5.41) is 3.12. The Balaban J connectivity index is 0.000000324. The second kappa shape index (κ2) is 7.42. The number of rotatable bonds is 2. The maximum atomic E-state index is 2.36. The molecule has 0 saturated heterocycles. The van der Waals surface area contributed by atoms with Crippen molar-refractivity contribution in [3.8, 4) is 0 Å². The summed E-state index contributed by atoms with van der Waals surface area (Å²) in [6.07, 6.45) is 0. The van der Waals surface area contributed by atoms with Crippen LogP contribution in [0.3, 0.4) is 0 Å². The SMILES string of the molecule is C[Si](C)(C)[c-]1cccc1.C[Si](C)(C)[c-]1cccc1.[Ni+2]. The van der Waals surface area contributed by atoms with Crippen LogP contribution >= 0.6 is 0 Å². The molecule has 3 heteroatoms. The molecule has 0 N–H and O–H groups in total. The van der Waals surface area contributed by atoms with E-state index in [1.807, 2.05) is 0 Å². The molecule has 0 aliphatic carbocycles. The van der Waals surface area contributed by atoms with E-state index >= 15 is 0 Å². The third kappa shape index (κ3) is 6.55. The molecule has 0 saturated carbocycles. The summed E-state index contributed by atoms with van der Waals surface area (Å²) in [5.74, 6) is 0. The Morgan fingerprint density at radius 3 is 0.842 bits per heavy atom. The Morgan fingerprint density at radius 1 is 0.526 bits per heavy atom. The van der Waals surface area contributed by atoms with Crippen molar-refractivity contribution in [3.63, 3.8) is 0 Å². The number of hydrogen-bond acceptors (Lipinski definition) is 0. The normalized spacial score (nSPS) is 11.3. The molecule has 0 spiro atoms. The molecule has 0 nitrogen and oxygen atoms in total. The van der Waals surface area contributed by atoms with Crippen LogP contribution in [0.4, 0.5) is 0 Å². The predicted molar refractivity (Wildman–Crippen MR) is 90.0 cm³/mol. The van der Waals surface area contributed by atoms with Gasteiger partial charge in [0.2, 0.25) is 0 Å². The van der Waals surface area contributed by atoms with Gasteiger partial charge in [-0.05, 0) is 0 Å². The van der Waals surface area contributed by atoms with Gasteiger partial charge in [-0.3, -0.25) is 0 Å². The second-order valence-corrected chi connectivity index (χ2v) is 17.0. The zero-order valence-electron chi connectivity index (χ0n) is 12.9. The second-order valence-electron chi connectivity index (χ2n) is 6.85. The molecule has 2 aromatic carbocycles. The maximum absolute atomic E-state index is 2.36. The van der Waals surface area contributed by atoms with Crippen molar-refractivity contribution in [2.24, 2.45) is 0 Å². The van der Waals surface area contributed by atoms with Gasteiger partial charge in [0.15, 0.2) is 0 Å². The molecule has 2 rings (SSSR count). The number of hydrogen-bond donors (Lipinski definition) is 0. The minimum Gasteiger partial charge on any atom is -0.214 e. The molecule has 2 aromatic rings. The fourth-order valence-corrected chi connectivity index (χ4v) is 4.13. The molecular formula is C16H26NiSi2. The monoisotopic (exact) mass is 332 g/mol. The van der Waals surface area contributed by atoms with Crippen LogP contribution in [0.5, 0.6) is 0 Å². The minimum atomic E-state index is -0.981. The molecule has 0 atom stereocenters. The van der Waals surface area contributed by atoms with Crippen LogP contribution < -0.4 is 10.4 Å². The van der Waals surface area contributed by atoms with E-state index in [1.54, 1.807) is 10.4 Å². The molecule has 0 radical (unpaired) electrons. The van der Waals surface area contributed by atoms with E-state index < -0.39 is 16.1 Å². The molecule has 0 amide bonds. The Morgan fingerprint density at radius 2 is 0.737 bits per heavy atom. The summed E-state index contributed by atoms with van der Waals surface area (Å²) in [6.45, 7) is 14.2. The smallest absolute Gasteiger partial charge is 0.214 e. The average Bonchev–Trinajstić information content (AvgIpc) is 2.91. The van der Waals surface area contributed by atoms with Crippen LogP contribution in [0.1, 0.15) is 0 Å². The van der Waals surface area contributed by atoms with Gasteiger partial charge in [-0.2, -0.15) is 34.6 Å². The molecule has 0 fully saturated rings. The first-order valence-electron chi connectivity index (χ1n) is 6.65. The van der Waals surface area contributed by atoms with Gasteiger partial charge in [0.25, 0.3) is 0 Å². The van der Waals surface area contributed by atoms with Gasteiger partial charge in [-0.1, -0.05) is 39.3 Å². The van der Waals surface area contributed by atoms with Crippen molar-refractivity contribution in [2.45, 2.75) is 39.3 Å². The van der Waals surface area contributed by atoms with Crippen LogP contribution in [-0.2, 0) is 16.5 Å². The molecule has 0 unspecified atom stereocenters. The summed E-state index contributed by atoms with van der Waals surface area (Å²) in [5.41, 5.74) is 0. The van der Waals surface area contributed by atoms with Gasteiger partial charge in [0, 0.05) is 16.1 Å². The van der Waals surface area contributed by atoms with E-state index in [0.717, 1.165) is 0 Å². The summed E-state index contributed by atoms with van der Waals surface area (Å²) >= 11 is 0. The van der Waals surface area contributed by atoms with Crippen LogP contribution in [0.15, 0.2) is 48.5 Å². The van der Waals surface area contributed by atoms with Gasteiger partial charge in [0.05, 0.1) is 0 Å². The van der Waals surface area contributed by atoms with E-state index in [2.05, 4.69) is 87.8 Å². The van der Waals surface area contributed by atoms with Crippen LogP contribution in [0.2, 0.25) is 39.3 Å². The Hall–Kier alpha value is -0.373. The molecule has 0 heterocycles. The van der Waals surface area contributed by atoms with Crippen molar-refractivity contribution < 1.29 is 16.5 Å². The standard InChI is InChI=1S/2C8H13Si.Ni/c2*1-9(2,3)8-6-4-5-7-8;/h2*4-7H,1-3H3;/q2*-1;+2. The van der Waals surface area contributed by atoms with Crippen molar-refractivity contribution in [3.05, 3.63) is 48.5 Å². The summed E-state index contributed by atoms with van der Waals surface area (Å²) in [6, 6.07) is 17.4. The maximum Gasteiger partial charge on any atom is 2.00 e. The molecule has 0 aliphatic rings. The van der Waals surface area contributed by atoms with Crippen LogP contribution in [0, 0.1) is 0 Å². The summed E-state index contributed by atoms with van der Waals surface area (Å²) in [7, 11) is -1.96. The van der Waals surface area contributed by atoms with Crippen molar-refractivity contribution in [1.29, 1.82) is 0 Å². The Bertz CT molecular complexity index is 384. The van der Waals surface area contributed by atoms with Gasteiger partial charge < -0.3 is 0 Å². The first-order valence-corrected chi connectivity index (χ1v) is 13.7. The van der Waals surface area contributed by atoms with Gasteiger partial charge in [-0.15, -0.1) is 0 Å². The topological polar surface area (TPSA) is 0 Å². The van der Waals surface area contributed by atoms with Crippen molar-refractivity contribution >= 4 is 26.5 Å². The van der Waals surface area contributed by atoms with Gasteiger partial charge >= 0.3 is 16.5 Å². The molecule has 108 valence electrons. The summed E-state index contributed by atoms with van der Waals surface area (Å²) in [4.78, 5) is 0. The van der Waals surface area contributed by atoms with Crippen molar-refractivity contribution in [1.82, 2.24) is 0 Å². The van der Waals surface area contributed by atoms with Crippen molar-refractivity contribution in [2.75, 3.05) is 0 Å². The fraction of sp³-hybridized carbons (Fsp3) is 0.375. The quantitative estimate of drug-likeness (QED) is 0.578. The average molecular weight is 333 g/mol. The third-order valence-corrected chi connectivity index (χ3v) is 7.19. The first-order chi connectivity index (χ1) is 8.21. The summed E-state index contributed by atoms with van der Waals surface area (Å²) < 4.78 is 0. The van der Waals surface area contributed by atoms with E-state index in [1.165, 1.54) is 0 Å². The Labute approximate surface area is 130 Å². The zero-order chi connectivity index (χ0) is 13.8. The fourth-order valence-electron chi connectivity index (χ4n) is 1.75. The molecule has 19 heavy (non-hydrogen) atoms. The van der Waals surface area contributed by atoms with E-state index in [4.69, 9.17) is 0 Å². The predicted octanol–water partition coefficient (Wildman–Crippen LogP) is 3.90. The molecular weight excluding hydrogens is 307 g/mol.